The van der Waals surface area contributed by atoms with Crippen molar-refractivity contribution in [2.45, 2.75) is 6.18 Å². The summed E-state index contributed by atoms with van der Waals surface area (Å²) in [6, 6.07) is 9.31. The Morgan fingerprint density at radius 1 is 1.00 bits per heavy atom. The molecule has 0 saturated carbocycles. The average Bonchev–Trinajstić information content (AvgIpc) is 2.99. The van der Waals surface area contributed by atoms with Crippen LogP contribution >= 0.6 is 0 Å². The number of fused-ring (bicyclic) bond motifs is 1. The predicted molar refractivity (Wildman–Crippen MR) is 77.4 cm³/mol. The third-order valence-electron chi connectivity index (χ3n) is 3.32. The van der Waals surface area contributed by atoms with Crippen molar-refractivity contribution in [1.29, 1.82) is 0 Å². The summed E-state index contributed by atoms with van der Waals surface area (Å²) in [7, 11) is 0. The maximum absolute atomic E-state index is 12.5. The highest BCUT2D eigenvalue weighted by molar-refractivity contribution is 6.06. The van der Waals surface area contributed by atoms with E-state index in [-0.39, 0.29) is 18.1 Å². The normalized spacial score (nSPS) is 13.5. The van der Waals surface area contributed by atoms with E-state index < -0.39 is 11.7 Å². The number of rotatable bonds is 3. The van der Waals surface area contributed by atoms with Crippen LogP contribution in [0.15, 0.2) is 48.5 Å². The predicted octanol–water partition coefficient (Wildman–Crippen LogP) is 4.33. The van der Waals surface area contributed by atoms with E-state index in [9.17, 15) is 18.0 Å². The first-order valence-electron chi connectivity index (χ1n) is 6.73. The summed E-state index contributed by atoms with van der Waals surface area (Å²) in [5.41, 5.74) is 0.137. The number of carbonyl (C=O) groups excluding carboxylic acids is 1. The van der Waals surface area contributed by atoms with Crippen LogP contribution in [0.3, 0.4) is 0 Å². The van der Waals surface area contributed by atoms with E-state index in [1.807, 2.05) is 0 Å². The Balaban J connectivity index is 1.73. The highest BCUT2D eigenvalue weighted by atomic mass is 19.4. The second-order valence-electron chi connectivity index (χ2n) is 4.89. The summed E-state index contributed by atoms with van der Waals surface area (Å²) < 4.78 is 47.8. The van der Waals surface area contributed by atoms with Gasteiger partial charge in [0.1, 0.15) is 0 Å². The number of benzene rings is 2. The van der Waals surface area contributed by atoms with E-state index in [1.54, 1.807) is 24.3 Å². The molecule has 0 atom stereocenters. The van der Waals surface area contributed by atoms with Gasteiger partial charge in [-0.2, -0.15) is 13.2 Å². The van der Waals surface area contributed by atoms with Crippen molar-refractivity contribution in [3.05, 3.63) is 65.2 Å². The lowest BCUT2D eigenvalue weighted by Crippen LogP contribution is -2.05. The first-order chi connectivity index (χ1) is 10.9. The number of hydrogen-bond acceptors (Lipinski definition) is 3. The summed E-state index contributed by atoms with van der Waals surface area (Å²) in [6.07, 6.45) is -1.54. The third kappa shape index (κ3) is 3.36. The number of hydrogen-bond donors (Lipinski definition) is 0. The van der Waals surface area contributed by atoms with Crippen LogP contribution in [-0.4, -0.2) is 12.6 Å². The molecule has 118 valence electrons. The molecule has 0 N–H and O–H groups in total. The van der Waals surface area contributed by atoms with Gasteiger partial charge in [-0.3, -0.25) is 4.79 Å². The third-order valence-corrected chi connectivity index (χ3v) is 3.32. The maximum Gasteiger partial charge on any atom is 0.416 e. The van der Waals surface area contributed by atoms with Crippen LogP contribution in [0.1, 0.15) is 21.5 Å². The van der Waals surface area contributed by atoms with Gasteiger partial charge in [-0.15, -0.1) is 0 Å². The van der Waals surface area contributed by atoms with Crippen LogP contribution in [0.2, 0.25) is 0 Å². The Kier molecular flexibility index (Phi) is 3.82. The number of allylic oxidation sites excluding steroid dienone is 1. The van der Waals surface area contributed by atoms with Crippen molar-refractivity contribution in [1.82, 2.24) is 0 Å². The standard InChI is InChI=1S/C17H11F3O3/c18-17(19,20)13-5-3-12(4-6-13)14(21)7-1-11-2-8-15-16(9-11)23-10-22-15/h1-9H,10H2/b7-1+. The zero-order valence-electron chi connectivity index (χ0n) is 11.8. The maximum atomic E-state index is 12.5. The second-order valence-corrected chi connectivity index (χ2v) is 4.89. The number of ether oxygens (including phenoxy) is 2. The van der Waals surface area contributed by atoms with Crippen LogP contribution in [-0.2, 0) is 6.18 Å². The van der Waals surface area contributed by atoms with Gasteiger partial charge >= 0.3 is 6.18 Å². The molecule has 3 nitrogen and oxygen atoms in total. The molecule has 0 radical (unpaired) electrons. The number of alkyl halides is 3. The molecule has 23 heavy (non-hydrogen) atoms. The Morgan fingerprint density at radius 3 is 2.39 bits per heavy atom. The Labute approximate surface area is 130 Å². The molecule has 0 bridgehead atoms. The molecule has 0 saturated heterocycles. The minimum Gasteiger partial charge on any atom is -0.454 e. The highest BCUT2D eigenvalue weighted by Gasteiger charge is 2.30. The summed E-state index contributed by atoms with van der Waals surface area (Å²) in [4.78, 5) is 12.0. The first-order valence-corrected chi connectivity index (χ1v) is 6.73. The van der Waals surface area contributed by atoms with Crippen LogP contribution in [0.4, 0.5) is 13.2 Å². The quantitative estimate of drug-likeness (QED) is 0.624. The van der Waals surface area contributed by atoms with E-state index in [0.717, 1.165) is 29.8 Å². The Morgan fingerprint density at radius 2 is 1.70 bits per heavy atom. The number of ketones is 1. The summed E-state index contributed by atoms with van der Waals surface area (Å²) >= 11 is 0. The van der Waals surface area contributed by atoms with Crippen LogP contribution in [0.25, 0.3) is 6.08 Å². The fourth-order valence-corrected chi connectivity index (χ4v) is 2.11. The Bertz CT molecular complexity index is 762. The molecule has 6 heteroatoms. The minimum atomic E-state index is -4.41. The zero-order chi connectivity index (χ0) is 16.4. The zero-order valence-corrected chi connectivity index (χ0v) is 11.8. The van der Waals surface area contributed by atoms with Crippen molar-refractivity contribution >= 4 is 11.9 Å². The van der Waals surface area contributed by atoms with E-state index in [1.165, 1.54) is 6.08 Å². The summed E-state index contributed by atoms with van der Waals surface area (Å²) in [5, 5.41) is 0. The average molecular weight is 320 g/mol. The van der Waals surface area contributed by atoms with Gasteiger partial charge in [-0.25, -0.2) is 0 Å². The summed E-state index contributed by atoms with van der Waals surface area (Å²) in [5.74, 6) is 0.849. The van der Waals surface area contributed by atoms with Crippen LogP contribution in [0, 0.1) is 0 Å². The largest absolute Gasteiger partial charge is 0.454 e. The van der Waals surface area contributed by atoms with Gasteiger partial charge in [0.2, 0.25) is 6.79 Å². The van der Waals surface area contributed by atoms with Crippen LogP contribution in [0.5, 0.6) is 11.5 Å². The van der Waals surface area contributed by atoms with Crippen molar-refractivity contribution in [2.75, 3.05) is 6.79 Å². The van der Waals surface area contributed by atoms with E-state index in [2.05, 4.69) is 0 Å². The smallest absolute Gasteiger partial charge is 0.416 e. The van der Waals surface area contributed by atoms with Crippen molar-refractivity contribution in [3.63, 3.8) is 0 Å². The van der Waals surface area contributed by atoms with Gasteiger partial charge < -0.3 is 9.47 Å². The van der Waals surface area contributed by atoms with Crippen molar-refractivity contribution < 1.29 is 27.4 Å². The second kappa shape index (κ2) is 5.79. The SMILES string of the molecule is O=C(/C=C/c1ccc2c(c1)OCO2)c1ccc(C(F)(F)F)cc1. The fourth-order valence-electron chi connectivity index (χ4n) is 2.11. The van der Waals surface area contributed by atoms with E-state index >= 15 is 0 Å². The lowest BCUT2D eigenvalue weighted by Gasteiger charge is -2.06. The first kappa shape index (κ1) is 15.1. The minimum absolute atomic E-state index is 0.160. The topological polar surface area (TPSA) is 35.5 Å². The molecule has 0 spiro atoms. The van der Waals surface area contributed by atoms with Gasteiger partial charge in [-0.05, 0) is 35.9 Å². The molecule has 1 heterocycles. The van der Waals surface area contributed by atoms with Crippen molar-refractivity contribution in [3.8, 4) is 11.5 Å². The Hall–Kier alpha value is -2.76. The van der Waals surface area contributed by atoms with Gasteiger partial charge in [-0.1, -0.05) is 24.3 Å². The molecular weight excluding hydrogens is 309 g/mol. The molecule has 1 aliphatic rings. The van der Waals surface area contributed by atoms with E-state index in [4.69, 9.17) is 9.47 Å². The molecule has 0 aliphatic carbocycles. The molecule has 0 fully saturated rings. The van der Waals surface area contributed by atoms with Gasteiger partial charge in [0, 0.05) is 5.56 Å². The molecule has 0 aromatic heterocycles. The lowest BCUT2D eigenvalue weighted by atomic mass is 10.1. The fraction of sp³-hybridized carbons (Fsp3) is 0.118. The molecule has 2 aromatic carbocycles. The van der Waals surface area contributed by atoms with Crippen molar-refractivity contribution in [2.24, 2.45) is 0 Å². The number of carbonyl (C=O) groups is 1. The monoisotopic (exact) mass is 320 g/mol. The molecule has 0 unspecified atom stereocenters. The molecule has 0 amide bonds. The molecule has 1 aliphatic heterocycles. The molecular formula is C17H11F3O3. The number of halogens is 3. The lowest BCUT2D eigenvalue weighted by molar-refractivity contribution is -0.137. The van der Waals surface area contributed by atoms with Gasteiger partial charge in [0.05, 0.1) is 5.56 Å². The van der Waals surface area contributed by atoms with Gasteiger partial charge in [0.25, 0.3) is 0 Å². The van der Waals surface area contributed by atoms with Crippen LogP contribution < -0.4 is 9.47 Å². The summed E-state index contributed by atoms with van der Waals surface area (Å²) in [6.45, 7) is 0.160. The molecule has 2 aromatic rings. The molecule has 3 rings (SSSR count). The van der Waals surface area contributed by atoms with E-state index in [0.29, 0.717) is 11.5 Å². The van der Waals surface area contributed by atoms with Gasteiger partial charge in [0.15, 0.2) is 17.3 Å². The highest BCUT2D eigenvalue weighted by Crippen LogP contribution is 2.33.